The number of alkyl halides is 3. The van der Waals surface area contributed by atoms with E-state index < -0.39 is 17.6 Å². The van der Waals surface area contributed by atoms with Gasteiger partial charge in [-0.2, -0.15) is 13.2 Å². The Hall–Kier alpha value is -0.850. The molecule has 1 fully saturated rings. The molecule has 126 valence electrons. The highest BCUT2D eigenvalue weighted by Gasteiger charge is 2.39. The maximum absolute atomic E-state index is 13.8. The zero-order valence-corrected chi connectivity index (χ0v) is 13.2. The lowest BCUT2D eigenvalue weighted by atomic mass is 9.94. The van der Waals surface area contributed by atoms with Gasteiger partial charge < -0.3 is 5.32 Å². The highest BCUT2D eigenvalue weighted by Crippen LogP contribution is 2.39. The van der Waals surface area contributed by atoms with Crippen LogP contribution in [0.25, 0.3) is 0 Å². The molecule has 1 aromatic carbocycles. The number of rotatable bonds is 4. The van der Waals surface area contributed by atoms with E-state index in [-0.39, 0.29) is 24.0 Å². The number of hydrogen-bond acceptors (Lipinski definition) is 2. The third-order valence-electron chi connectivity index (χ3n) is 3.84. The van der Waals surface area contributed by atoms with E-state index in [0.29, 0.717) is 19.5 Å². The molecule has 1 saturated heterocycles. The molecule has 0 aromatic heterocycles. The molecule has 1 aromatic rings. The molecule has 0 amide bonds. The van der Waals surface area contributed by atoms with Crippen LogP contribution in [0.3, 0.4) is 0 Å². The second-order valence-corrected chi connectivity index (χ2v) is 5.29. The summed E-state index contributed by atoms with van der Waals surface area (Å²) < 4.78 is 53.4. The Morgan fingerprint density at radius 1 is 1.23 bits per heavy atom. The Kier molecular flexibility index (Phi) is 7.09. The molecular weight excluding hydrogens is 320 g/mol. The maximum atomic E-state index is 13.8. The lowest BCUT2D eigenvalue weighted by Crippen LogP contribution is -2.45. The van der Waals surface area contributed by atoms with Crippen molar-refractivity contribution in [1.82, 2.24) is 10.2 Å². The predicted octanol–water partition coefficient (Wildman–Crippen LogP) is 4.01. The minimum absolute atomic E-state index is 0. The Morgan fingerprint density at radius 3 is 2.41 bits per heavy atom. The Morgan fingerprint density at radius 2 is 1.86 bits per heavy atom. The highest BCUT2D eigenvalue weighted by atomic mass is 35.5. The topological polar surface area (TPSA) is 15.3 Å². The average molecular weight is 341 g/mol. The lowest BCUT2D eigenvalue weighted by Gasteiger charge is -2.36. The number of hydrogen-bond donors (Lipinski definition) is 1. The summed E-state index contributed by atoms with van der Waals surface area (Å²) in [5, 5.41) is 3.18. The summed E-state index contributed by atoms with van der Waals surface area (Å²) >= 11 is 0. The van der Waals surface area contributed by atoms with Crippen molar-refractivity contribution >= 4 is 12.4 Å². The van der Waals surface area contributed by atoms with Gasteiger partial charge in [0, 0.05) is 32.2 Å². The standard InChI is InChI=1S/C15H20F4N2.ClH/c1-2-4-13(21-9-7-20-8-10-21)11-5-3-6-12(16)14(11)15(17,18)19;/h3,5-6,13,20H,2,4,7-10H2,1H3;1H/t13-;/m0./s1. The van der Waals surface area contributed by atoms with Gasteiger partial charge in [-0.15, -0.1) is 12.4 Å². The second-order valence-electron chi connectivity index (χ2n) is 5.29. The smallest absolute Gasteiger partial charge is 0.314 e. The van der Waals surface area contributed by atoms with E-state index in [0.717, 1.165) is 25.6 Å². The van der Waals surface area contributed by atoms with E-state index in [1.165, 1.54) is 12.1 Å². The fraction of sp³-hybridized carbons (Fsp3) is 0.600. The summed E-state index contributed by atoms with van der Waals surface area (Å²) in [5.41, 5.74) is -1.05. The molecule has 0 spiro atoms. The van der Waals surface area contributed by atoms with Gasteiger partial charge in [-0.25, -0.2) is 4.39 Å². The van der Waals surface area contributed by atoms with E-state index in [1.54, 1.807) is 0 Å². The van der Waals surface area contributed by atoms with Crippen molar-refractivity contribution in [3.8, 4) is 0 Å². The number of halogens is 5. The van der Waals surface area contributed by atoms with Crippen LogP contribution in [-0.2, 0) is 6.18 Å². The summed E-state index contributed by atoms with van der Waals surface area (Å²) in [6.07, 6.45) is -3.32. The molecule has 1 N–H and O–H groups in total. The van der Waals surface area contributed by atoms with Crippen molar-refractivity contribution in [2.75, 3.05) is 26.2 Å². The van der Waals surface area contributed by atoms with Crippen LogP contribution < -0.4 is 5.32 Å². The largest absolute Gasteiger partial charge is 0.419 e. The molecule has 1 aliphatic heterocycles. The summed E-state index contributed by atoms with van der Waals surface area (Å²) in [4.78, 5) is 2.02. The van der Waals surface area contributed by atoms with Crippen LogP contribution in [0.15, 0.2) is 18.2 Å². The monoisotopic (exact) mass is 340 g/mol. The number of nitrogens with zero attached hydrogens (tertiary/aromatic N) is 1. The first-order valence-corrected chi connectivity index (χ1v) is 7.25. The minimum Gasteiger partial charge on any atom is -0.314 e. The molecule has 2 nitrogen and oxygen atoms in total. The van der Waals surface area contributed by atoms with Crippen LogP contribution in [0, 0.1) is 5.82 Å². The van der Waals surface area contributed by atoms with Crippen LogP contribution in [0.5, 0.6) is 0 Å². The van der Waals surface area contributed by atoms with E-state index in [9.17, 15) is 17.6 Å². The lowest BCUT2D eigenvalue weighted by molar-refractivity contribution is -0.141. The predicted molar refractivity (Wildman–Crippen MR) is 80.7 cm³/mol. The molecule has 0 saturated carbocycles. The van der Waals surface area contributed by atoms with Gasteiger partial charge in [0.2, 0.25) is 0 Å². The quantitative estimate of drug-likeness (QED) is 0.833. The van der Waals surface area contributed by atoms with Crippen LogP contribution in [0.4, 0.5) is 17.6 Å². The summed E-state index contributed by atoms with van der Waals surface area (Å²) in [6.45, 7) is 4.78. The summed E-state index contributed by atoms with van der Waals surface area (Å²) in [5.74, 6) is -1.18. The molecule has 0 aliphatic carbocycles. The van der Waals surface area contributed by atoms with Gasteiger partial charge >= 0.3 is 6.18 Å². The van der Waals surface area contributed by atoms with E-state index in [2.05, 4.69) is 5.32 Å². The molecule has 0 unspecified atom stereocenters. The summed E-state index contributed by atoms with van der Waals surface area (Å²) in [6, 6.07) is 3.27. The fourth-order valence-electron chi connectivity index (χ4n) is 2.92. The van der Waals surface area contributed by atoms with Crippen LogP contribution in [0.2, 0.25) is 0 Å². The maximum Gasteiger partial charge on any atom is 0.419 e. The SMILES string of the molecule is CCC[C@@H](c1cccc(F)c1C(F)(F)F)N1CCNCC1.Cl. The van der Waals surface area contributed by atoms with Gasteiger partial charge in [-0.1, -0.05) is 25.5 Å². The highest BCUT2D eigenvalue weighted by molar-refractivity contribution is 5.85. The fourth-order valence-corrected chi connectivity index (χ4v) is 2.92. The van der Waals surface area contributed by atoms with Gasteiger partial charge in [-0.05, 0) is 18.1 Å². The van der Waals surface area contributed by atoms with Crippen molar-refractivity contribution in [3.63, 3.8) is 0 Å². The van der Waals surface area contributed by atoms with Gasteiger partial charge in [0.05, 0.1) is 5.56 Å². The first-order chi connectivity index (χ1) is 9.95. The van der Waals surface area contributed by atoms with Crippen LogP contribution in [-0.4, -0.2) is 31.1 Å². The average Bonchev–Trinajstić information content (AvgIpc) is 2.44. The number of nitrogens with one attached hydrogen (secondary N) is 1. The molecule has 2 rings (SSSR count). The van der Waals surface area contributed by atoms with E-state index >= 15 is 0 Å². The second kappa shape index (κ2) is 8.13. The number of piperazine rings is 1. The molecule has 0 bridgehead atoms. The van der Waals surface area contributed by atoms with Crippen molar-refractivity contribution in [3.05, 3.63) is 35.1 Å². The molecule has 7 heteroatoms. The third kappa shape index (κ3) is 4.33. The van der Waals surface area contributed by atoms with Crippen molar-refractivity contribution in [2.24, 2.45) is 0 Å². The van der Waals surface area contributed by atoms with Crippen molar-refractivity contribution < 1.29 is 17.6 Å². The molecule has 22 heavy (non-hydrogen) atoms. The van der Waals surface area contributed by atoms with Gasteiger partial charge in [0.25, 0.3) is 0 Å². The van der Waals surface area contributed by atoms with Gasteiger partial charge in [-0.3, -0.25) is 4.90 Å². The Balaban J connectivity index is 0.00000242. The van der Waals surface area contributed by atoms with E-state index in [4.69, 9.17) is 0 Å². The zero-order valence-electron chi connectivity index (χ0n) is 12.4. The third-order valence-corrected chi connectivity index (χ3v) is 3.84. The van der Waals surface area contributed by atoms with Crippen molar-refractivity contribution in [2.45, 2.75) is 32.0 Å². The molecule has 0 radical (unpaired) electrons. The molecule has 1 heterocycles. The number of benzene rings is 1. The first-order valence-electron chi connectivity index (χ1n) is 7.25. The van der Waals surface area contributed by atoms with Gasteiger partial charge in [0.15, 0.2) is 0 Å². The molecule has 1 atom stereocenters. The van der Waals surface area contributed by atoms with Gasteiger partial charge in [0.1, 0.15) is 5.82 Å². The summed E-state index contributed by atoms with van der Waals surface area (Å²) in [7, 11) is 0. The minimum atomic E-state index is -4.67. The Bertz CT molecular complexity index is 473. The Labute approximate surface area is 134 Å². The normalized spacial score (nSPS) is 17.9. The van der Waals surface area contributed by atoms with Crippen LogP contribution >= 0.6 is 12.4 Å². The van der Waals surface area contributed by atoms with Crippen LogP contribution in [0.1, 0.15) is 36.9 Å². The first kappa shape index (κ1) is 19.2. The zero-order chi connectivity index (χ0) is 15.5. The molecular formula is C15H21ClF4N2. The van der Waals surface area contributed by atoms with Crippen molar-refractivity contribution in [1.29, 1.82) is 0 Å². The molecule has 1 aliphatic rings. The van der Waals surface area contributed by atoms with E-state index in [1.807, 2.05) is 11.8 Å².